The van der Waals surface area contributed by atoms with Crippen molar-refractivity contribution in [2.75, 3.05) is 26.3 Å². The highest BCUT2D eigenvalue weighted by atomic mass is 32.1. The van der Waals surface area contributed by atoms with E-state index in [9.17, 15) is 4.79 Å². The van der Waals surface area contributed by atoms with Crippen LogP contribution in [0.25, 0.3) is 10.6 Å². The van der Waals surface area contributed by atoms with E-state index in [1.54, 1.807) is 11.3 Å². The number of ether oxygens (including phenoxy) is 1. The molecule has 1 unspecified atom stereocenters. The molecule has 1 amide bonds. The smallest absolute Gasteiger partial charge is 0.237 e. The summed E-state index contributed by atoms with van der Waals surface area (Å²) in [6.07, 6.45) is 0. The predicted molar refractivity (Wildman–Crippen MR) is 96.0 cm³/mol. The van der Waals surface area contributed by atoms with E-state index in [0.717, 1.165) is 34.9 Å². The molecule has 1 fully saturated rings. The van der Waals surface area contributed by atoms with Gasteiger partial charge in [-0.1, -0.05) is 24.3 Å². The number of aryl methyl sites for hydroxylation is 1. The van der Waals surface area contributed by atoms with Gasteiger partial charge in [0.15, 0.2) is 0 Å². The highest BCUT2D eigenvalue weighted by molar-refractivity contribution is 7.13. The zero-order valence-corrected chi connectivity index (χ0v) is 14.9. The maximum absolute atomic E-state index is 12.5. The van der Waals surface area contributed by atoms with E-state index in [1.165, 1.54) is 0 Å². The minimum atomic E-state index is -0.136. The van der Waals surface area contributed by atoms with E-state index in [-0.39, 0.29) is 11.9 Å². The standard InChI is InChI=1S/C18H23N3O2S/c1-13-12-24-18(20-13)16-6-4-3-5-15(16)11-19-17(22)14(2)21-7-9-23-10-8-21/h3-6,12,14H,7-11H2,1-2H3,(H,19,22). The number of thiazole rings is 1. The molecule has 1 aromatic carbocycles. The molecule has 3 rings (SSSR count). The zero-order chi connectivity index (χ0) is 16.9. The summed E-state index contributed by atoms with van der Waals surface area (Å²) >= 11 is 1.63. The topological polar surface area (TPSA) is 54.5 Å². The van der Waals surface area contributed by atoms with Crippen LogP contribution in [0.4, 0.5) is 0 Å². The molecule has 0 radical (unpaired) electrons. The molecule has 1 aromatic heterocycles. The molecule has 6 heteroatoms. The fourth-order valence-corrected chi connectivity index (χ4v) is 3.68. The summed E-state index contributed by atoms with van der Waals surface area (Å²) < 4.78 is 5.35. The number of benzene rings is 1. The van der Waals surface area contributed by atoms with Gasteiger partial charge in [0.2, 0.25) is 5.91 Å². The highest BCUT2D eigenvalue weighted by Gasteiger charge is 2.23. The second-order valence-electron chi connectivity index (χ2n) is 5.99. The fourth-order valence-electron chi connectivity index (χ4n) is 2.82. The normalized spacial score (nSPS) is 16.8. The maximum Gasteiger partial charge on any atom is 0.237 e. The molecule has 2 heterocycles. The van der Waals surface area contributed by atoms with E-state index in [4.69, 9.17) is 4.74 Å². The Kier molecular flexibility index (Phi) is 5.60. The molecule has 0 aliphatic carbocycles. The van der Waals surface area contributed by atoms with Gasteiger partial charge >= 0.3 is 0 Å². The summed E-state index contributed by atoms with van der Waals surface area (Å²) in [5, 5.41) is 6.11. The van der Waals surface area contributed by atoms with Gasteiger partial charge in [0, 0.05) is 36.3 Å². The molecule has 1 saturated heterocycles. The summed E-state index contributed by atoms with van der Waals surface area (Å²) in [4.78, 5) is 19.2. The third-order valence-corrected chi connectivity index (χ3v) is 5.29. The van der Waals surface area contributed by atoms with Crippen molar-refractivity contribution in [3.63, 3.8) is 0 Å². The molecular formula is C18H23N3O2S. The number of hydrogen-bond donors (Lipinski definition) is 1. The highest BCUT2D eigenvalue weighted by Crippen LogP contribution is 2.26. The molecule has 0 spiro atoms. The van der Waals surface area contributed by atoms with E-state index >= 15 is 0 Å². The van der Waals surface area contributed by atoms with Crippen LogP contribution in [0.15, 0.2) is 29.6 Å². The Morgan fingerprint density at radius 3 is 2.83 bits per heavy atom. The second-order valence-corrected chi connectivity index (χ2v) is 6.85. The number of rotatable bonds is 5. The lowest BCUT2D eigenvalue weighted by Crippen LogP contribution is -2.49. The SMILES string of the molecule is Cc1csc(-c2ccccc2CNC(=O)C(C)N2CCOCC2)n1. The van der Waals surface area contributed by atoms with Crippen molar-refractivity contribution in [2.24, 2.45) is 0 Å². The lowest BCUT2D eigenvalue weighted by atomic mass is 10.1. The van der Waals surface area contributed by atoms with Gasteiger partial charge in [-0.3, -0.25) is 9.69 Å². The first-order valence-corrected chi connectivity index (χ1v) is 9.13. The van der Waals surface area contributed by atoms with Gasteiger partial charge in [0.05, 0.1) is 19.3 Å². The lowest BCUT2D eigenvalue weighted by Gasteiger charge is -2.31. The average Bonchev–Trinajstić information content (AvgIpc) is 3.06. The first kappa shape index (κ1) is 17.1. The number of carbonyl (C=O) groups is 1. The molecule has 24 heavy (non-hydrogen) atoms. The van der Waals surface area contributed by atoms with Gasteiger partial charge in [-0.05, 0) is 19.4 Å². The Morgan fingerprint density at radius 1 is 1.38 bits per heavy atom. The van der Waals surface area contributed by atoms with Crippen molar-refractivity contribution < 1.29 is 9.53 Å². The van der Waals surface area contributed by atoms with Crippen molar-refractivity contribution in [1.29, 1.82) is 0 Å². The number of amides is 1. The quantitative estimate of drug-likeness (QED) is 0.904. The van der Waals surface area contributed by atoms with E-state index in [0.29, 0.717) is 19.8 Å². The summed E-state index contributed by atoms with van der Waals surface area (Å²) in [5.41, 5.74) is 3.21. The number of nitrogens with zero attached hydrogens (tertiary/aromatic N) is 2. The Hall–Kier alpha value is -1.76. The summed E-state index contributed by atoms with van der Waals surface area (Å²) in [6.45, 7) is 7.48. The van der Waals surface area contributed by atoms with Gasteiger partial charge in [0.25, 0.3) is 0 Å². The van der Waals surface area contributed by atoms with Gasteiger partial charge < -0.3 is 10.1 Å². The van der Waals surface area contributed by atoms with Crippen molar-refractivity contribution in [3.8, 4) is 10.6 Å². The molecule has 1 N–H and O–H groups in total. The first-order chi connectivity index (χ1) is 11.6. The second kappa shape index (κ2) is 7.88. The molecule has 5 nitrogen and oxygen atoms in total. The molecular weight excluding hydrogens is 322 g/mol. The minimum Gasteiger partial charge on any atom is -0.379 e. The van der Waals surface area contributed by atoms with Crippen molar-refractivity contribution >= 4 is 17.2 Å². The maximum atomic E-state index is 12.5. The summed E-state index contributed by atoms with van der Waals surface area (Å²) in [5.74, 6) is 0.0574. The van der Waals surface area contributed by atoms with Crippen molar-refractivity contribution in [1.82, 2.24) is 15.2 Å². The van der Waals surface area contributed by atoms with Crippen LogP contribution in [0.2, 0.25) is 0 Å². The van der Waals surface area contributed by atoms with Crippen LogP contribution < -0.4 is 5.32 Å². The first-order valence-electron chi connectivity index (χ1n) is 8.25. The van der Waals surface area contributed by atoms with E-state index in [1.807, 2.05) is 37.4 Å². The Balaban J connectivity index is 1.65. The third-order valence-electron chi connectivity index (χ3n) is 4.29. The summed E-state index contributed by atoms with van der Waals surface area (Å²) in [7, 11) is 0. The van der Waals surface area contributed by atoms with Gasteiger partial charge in [-0.15, -0.1) is 11.3 Å². The number of morpholine rings is 1. The number of aromatic nitrogens is 1. The summed E-state index contributed by atoms with van der Waals surface area (Å²) in [6, 6.07) is 7.98. The van der Waals surface area contributed by atoms with Crippen LogP contribution in [0.5, 0.6) is 0 Å². The number of hydrogen-bond acceptors (Lipinski definition) is 5. The van der Waals surface area contributed by atoms with Crippen LogP contribution in [0.1, 0.15) is 18.2 Å². The van der Waals surface area contributed by atoms with Gasteiger partial charge in [0.1, 0.15) is 5.01 Å². The molecule has 1 aliphatic rings. The molecule has 1 aliphatic heterocycles. The van der Waals surface area contributed by atoms with Gasteiger partial charge in [-0.2, -0.15) is 0 Å². The van der Waals surface area contributed by atoms with Gasteiger partial charge in [-0.25, -0.2) is 4.98 Å². The molecule has 128 valence electrons. The van der Waals surface area contributed by atoms with E-state index in [2.05, 4.69) is 21.3 Å². The Labute approximate surface area is 146 Å². The third kappa shape index (κ3) is 4.01. The van der Waals surface area contributed by atoms with E-state index < -0.39 is 0 Å². The molecule has 0 saturated carbocycles. The molecule has 1 atom stereocenters. The monoisotopic (exact) mass is 345 g/mol. The largest absolute Gasteiger partial charge is 0.379 e. The van der Waals surface area contributed by atoms with Crippen LogP contribution in [0.3, 0.4) is 0 Å². The van der Waals surface area contributed by atoms with Crippen LogP contribution >= 0.6 is 11.3 Å². The fraction of sp³-hybridized carbons (Fsp3) is 0.444. The lowest BCUT2D eigenvalue weighted by molar-refractivity contribution is -0.127. The average molecular weight is 345 g/mol. The van der Waals surface area contributed by atoms with Crippen molar-refractivity contribution in [2.45, 2.75) is 26.4 Å². The Morgan fingerprint density at radius 2 is 2.12 bits per heavy atom. The van der Waals surface area contributed by atoms with Crippen LogP contribution in [0, 0.1) is 6.92 Å². The molecule has 2 aromatic rings. The Bertz CT molecular complexity index is 695. The minimum absolute atomic E-state index is 0.0574. The predicted octanol–water partition coefficient (Wildman–Crippen LogP) is 2.46. The number of nitrogens with one attached hydrogen (secondary N) is 1. The van der Waals surface area contributed by atoms with Crippen LogP contribution in [-0.4, -0.2) is 48.1 Å². The molecule has 0 bridgehead atoms. The van der Waals surface area contributed by atoms with Crippen molar-refractivity contribution in [3.05, 3.63) is 40.9 Å². The van der Waals surface area contributed by atoms with Crippen LogP contribution in [-0.2, 0) is 16.1 Å². The zero-order valence-electron chi connectivity index (χ0n) is 14.1. The number of carbonyl (C=O) groups excluding carboxylic acids is 1.